The summed E-state index contributed by atoms with van der Waals surface area (Å²) in [5, 5.41) is 9.58. The summed E-state index contributed by atoms with van der Waals surface area (Å²) in [4.78, 5) is 36.8. The molecule has 8 heteroatoms. The van der Waals surface area contributed by atoms with E-state index in [9.17, 15) is 19.5 Å². The number of carboxylic acid groups (broad SMARTS) is 1. The van der Waals surface area contributed by atoms with E-state index in [1.165, 1.54) is 64.2 Å². The lowest BCUT2D eigenvalue weighted by Gasteiger charge is -2.31. The molecule has 0 aliphatic heterocycles. The highest BCUT2D eigenvalue weighted by atomic mass is 16.6. The molecule has 0 aromatic heterocycles. The summed E-state index contributed by atoms with van der Waals surface area (Å²) < 4.78 is 17.2. The molecular weight excluding hydrogens is 618 g/mol. The van der Waals surface area contributed by atoms with Gasteiger partial charge in [0, 0.05) is 19.3 Å². The number of hydrogen-bond donors (Lipinski definition) is 1. The van der Waals surface area contributed by atoms with Gasteiger partial charge in [-0.3, -0.25) is 9.59 Å². The molecule has 49 heavy (non-hydrogen) atoms. The van der Waals surface area contributed by atoms with Crippen LogP contribution in [0.25, 0.3) is 0 Å². The van der Waals surface area contributed by atoms with Crippen LogP contribution in [-0.4, -0.2) is 80.6 Å². The number of ether oxygens (including phenoxy) is 3. The van der Waals surface area contributed by atoms with Crippen LogP contribution in [0.5, 0.6) is 0 Å². The topological polar surface area (TPSA) is 99.1 Å². The number of nitrogens with zero attached hydrogens (tertiary/aromatic N) is 1. The number of esters is 2. The highest BCUT2D eigenvalue weighted by Crippen LogP contribution is 2.14. The summed E-state index contributed by atoms with van der Waals surface area (Å²) in [6.07, 6.45) is 33.6. The van der Waals surface area contributed by atoms with E-state index in [-0.39, 0.29) is 36.2 Å². The van der Waals surface area contributed by atoms with Crippen molar-refractivity contribution in [2.45, 2.75) is 180 Å². The third-order valence-corrected chi connectivity index (χ3v) is 8.87. The van der Waals surface area contributed by atoms with Crippen LogP contribution in [0.1, 0.15) is 168 Å². The van der Waals surface area contributed by atoms with Crippen molar-refractivity contribution in [1.29, 1.82) is 0 Å². The molecule has 0 saturated heterocycles. The smallest absolute Gasteiger partial charge is 0.362 e. The standard InChI is InChI=1S/C41H75NO7/c1-6-8-10-12-14-16-18-20-22-24-26-28-30-32-40(44)49-37(35-47-34-33-38(41(45)46)42(3,4)5)36-48-39(43)31-29-27-25-23-21-19-17-15-13-11-9-7-2/h9,11,15,17,37-38H,6-8,10,12-14,16,18-36H2,1-5H3/p+1/b11-9+,17-15+. The molecule has 0 radical (unpaired) electrons. The average molecular weight is 695 g/mol. The minimum absolute atomic E-state index is 0.0549. The zero-order valence-corrected chi connectivity index (χ0v) is 32.4. The third kappa shape index (κ3) is 31.5. The maximum Gasteiger partial charge on any atom is 0.362 e. The van der Waals surface area contributed by atoms with Crippen molar-refractivity contribution in [1.82, 2.24) is 0 Å². The second-order valence-corrected chi connectivity index (χ2v) is 14.5. The molecule has 0 rings (SSSR count). The van der Waals surface area contributed by atoms with Gasteiger partial charge < -0.3 is 23.8 Å². The van der Waals surface area contributed by atoms with Gasteiger partial charge in [-0.25, -0.2) is 4.79 Å². The first-order chi connectivity index (χ1) is 23.6. The van der Waals surface area contributed by atoms with Crippen molar-refractivity contribution < 1.29 is 38.2 Å². The van der Waals surface area contributed by atoms with E-state index in [2.05, 4.69) is 38.2 Å². The van der Waals surface area contributed by atoms with Gasteiger partial charge in [-0.2, -0.15) is 0 Å². The average Bonchev–Trinajstić information content (AvgIpc) is 3.05. The van der Waals surface area contributed by atoms with Gasteiger partial charge in [0.1, 0.15) is 6.61 Å². The number of rotatable bonds is 35. The van der Waals surface area contributed by atoms with Crippen molar-refractivity contribution in [2.24, 2.45) is 0 Å². The molecule has 2 atom stereocenters. The number of hydrogen-bond acceptors (Lipinski definition) is 6. The molecule has 286 valence electrons. The summed E-state index contributed by atoms with van der Waals surface area (Å²) in [6.45, 7) is 4.61. The SMILES string of the molecule is CC/C=C/C/C=C/CCCCCCCC(=O)OCC(COCCC(C(=O)O)[N+](C)(C)C)OC(=O)CCCCCCCCCCCCCCC. The van der Waals surface area contributed by atoms with Crippen LogP contribution in [0, 0.1) is 0 Å². The molecule has 0 aromatic carbocycles. The number of carboxylic acids is 1. The van der Waals surface area contributed by atoms with E-state index in [1.807, 2.05) is 21.1 Å². The summed E-state index contributed by atoms with van der Waals surface area (Å²) in [7, 11) is 5.52. The molecule has 0 aromatic rings. The number of likely N-dealkylation sites (N-methyl/N-ethyl adjacent to an activating group) is 1. The van der Waals surface area contributed by atoms with Crippen molar-refractivity contribution in [2.75, 3.05) is 41.0 Å². The fourth-order valence-electron chi connectivity index (χ4n) is 5.78. The summed E-state index contributed by atoms with van der Waals surface area (Å²) in [6, 6.07) is -0.612. The number of unbranched alkanes of at least 4 members (excludes halogenated alkanes) is 17. The lowest BCUT2D eigenvalue weighted by molar-refractivity contribution is -0.887. The Balaban J connectivity index is 4.41. The molecule has 0 heterocycles. The van der Waals surface area contributed by atoms with Crippen LogP contribution in [0.3, 0.4) is 0 Å². The van der Waals surface area contributed by atoms with E-state index < -0.39 is 18.1 Å². The Morgan fingerprint density at radius 1 is 0.633 bits per heavy atom. The second kappa shape index (κ2) is 33.0. The van der Waals surface area contributed by atoms with E-state index in [0.29, 0.717) is 19.3 Å². The number of carbonyl (C=O) groups excluding carboxylic acids is 2. The first-order valence-corrected chi connectivity index (χ1v) is 19.9. The lowest BCUT2D eigenvalue weighted by atomic mass is 10.0. The molecule has 0 fully saturated rings. The Morgan fingerprint density at radius 2 is 1.14 bits per heavy atom. The van der Waals surface area contributed by atoms with Gasteiger partial charge in [0.25, 0.3) is 0 Å². The number of aliphatic carboxylic acids is 1. The van der Waals surface area contributed by atoms with Gasteiger partial charge >= 0.3 is 17.9 Å². The first-order valence-electron chi connectivity index (χ1n) is 19.9. The molecule has 0 aliphatic rings. The first kappa shape index (κ1) is 46.8. The van der Waals surface area contributed by atoms with Crippen molar-refractivity contribution in [3.05, 3.63) is 24.3 Å². The van der Waals surface area contributed by atoms with E-state index in [1.54, 1.807) is 0 Å². The van der Waals surface area contributed by atoms with Crippen molar-refractivity contribution in [3.63, 3.8) is 0 Å². The van der Waals surface area contributed by atoms with Crippen LogP contribution in [-0.2, 0) is 28.6 Å². The van der Waals surface area contributed by atoms with E-state index in [0.717, 1.165) is 70.6 Å². The highest BCUT2D eigenvalue weighted by Gasteiger charge is 2.31. The van der Waals surface area contributed by atoms with Gasteiger partial charge in [-0.1, -0.05) is 134 Å². The molecule has 1 N–H and O–H groups in total. The summed E-state index contributed by atoms with van der Waals surface area (Å²) in [5.74, 6) is -1.48. The Labute approximate surface area is 301 Å². The monoisotopic (exact) mass is 695 g/mol. The fourth-order valence-corrected chi connectivity index (χ4v) is 5.78. The van der Waals surface area contributed by atoms with E-state index >= 15 is 0 Å². The molecule has 0 amide bonds. The zero-order valence-electron chi connectivity index (χ0n) is 32.4. The quantitative estimate of drug-likeness (QED) is 0.0305. The van der Waals surface area contributed by atoms with Crippen LogP contribution in [0.4, 0.5) is 0 Å². The molecule has 8 nitrogen and oxygen atoms in total. The van der Waals surface area contributed by atoms with Gasteiger partial charge in [0.2, 0.25) is 0 Å². The largest absolute Gasteiger partial charge is 0.477 e. The number of allylic oxidation sites excluding steroid dienone is 4. The van der Waals surface area contributed by atoms with Crippen molar-refractivity contribution in [3.8, 4) is 0 Å². The molecule has 2 unspecified atom stereocenters. The minimum atomic E-state index is -0.877. The molecule has 0 bridgehead atoms. The van der Waals surface area contributed by atoms with Gasteiger partial charge in [-0.05, 0) is 38.5 Å². The van der Waals surface area contributed by atoms with Gasteiger partial charge in [0.05, 0.1) is 34.4 Å². The Bertz CT molecular complexity index is 864. The molecule has 0 aliphatic carbocycles. The maximum atomic E-state index is 12.7. The predicted octanol–water partition coefficient (Wildman–Crippen LogP) is 10.1. The highest BCUT2D eigenvalue weighted by molar-refractivity contribution is 5.72. The Hall–Kier alpha value is -2.19. The number of carbonyl (C=O) groups is 3. The minimum Gasteiger partial charge on any atom is -0.477 e. The van der Waals surface area contributed by atoms with Crippen molar-refractivity contribution >= 4 is 17.9 Å². The Morgan fingerprint density at radius 3 is 1.67 bits per heavy atom. The van der Waals surface area contributed by atoms with E-state index in [4.69, 9.17) is 14.2 Å². The van der Waals surface area contributed by atoms with Crippen LogP contribution < -0.4 is 0 Å². The lowest BCUT2D eigenvalue weighted by Crippen LogP contribution is -2.50. The third-order valence-electron chi connectivity index (χ3n) is 8.87. The van der Waals surface area contributed by atoms with Crippen LogP contribution in [0.15, 0.2) is 24.3 Å². The molecular formula is C41H76NO7+. The van der Waals surface area contributed by atoms with Crippen LogP contribution >= 0.6 is 0 Å². The van der Waals surface area contributed by atoms with Crippen LogP contribution in [0.2, 0.25) is 0 Å². The Kier molecular flexibility index (Phi) is 31.5. The van der Waals surface area contributed by atoms with Gasteiger partial charge in [-0.15, -0.1) is 0 Å². The zero-order chi connectivity index (χ0) is 36.4. The normalized spacial score (nSPS) is 13.2. The number of quaternary nitrogens is 1. The second-order valence-electron chi connectivity index (χ2n) is 14.5. The summed E-state index contributed by atoms with van der Waals surface area (Å²) >= 11 is 0. The molecule has 0 spiro atoms. The van der Waals surface area contributed by atoms with Gasteiger partial charge in [0.15, 0.2) is 12.1 Å². The maximum absolute atomic E-state index is 12.7. The fraction of sp³-hybridized carbons (Fsp3) is 0.829. The predicted molar refractivity (Wildman–Crippen MR) is 202 cm³/mol. The summed E-state index contributed by atoms with van der Waals surface area (Å²) in [5.41, 5.74) is 0. The molecule has 0 saturated carbocycles.